The van der Waals surface area contributed by atoms with E-state index in [4.69, 9.17) is 11.6 Å². The van der Waals surface area contributed by atoms with Crippen LogP contribution < -0.4 is 5.32 Å². The molecular formula is C11H7ClF4N2S. The largest absolute Gasteiger partial charge is 0.373 e. The zero-order valence-corrected chi connectivity index (χ0v) is 11.0. The highest BCUT2D eigenvalue weighted by Gasteiger charge is 2.22. The van der Waals surface area contributed by atoms with Gasteiger partial charge in [-0.2, -0.15) is 22.5 Å². The fourth-order valence-electron chi connectivity index (χ4n) is 1.46. The lowest BCUT2D eigenvalue weighted by Gasteiger charge is -2.15. The Morgan fingerprint density at radius 1 is 1.16 bits per heavy atom. The van der Waals surface area contributed by atoms with E-state index in [0.29, 0.717) is 9.21 Å². The molecule has 0 radical (unpaired) electrons. The highest BCUT2D eigenvalue weighted by Crippen LogP contribution is 2.31. The molecule has 102 valence electrons. The number of thiophene rings is 1. The lowest BCUT2D eigenvalue weighted by atomic mass is 10.2. The van der Waals surface area contributed by atoms with Gasteiger partial charge in [0.15, 0.2) is 0 Å². The third kappa shape index (κ3) is 2.82. The number of rotatable bonds is 3. The van der Waals surface area contributed by atoms with Gasteiger partial charge < -0.3 is 5.32 Å². The predicted octanol–water partition coefficient (Wildman–Crippen LogP) is 4.53. The Labute approximate surface area is 115 Å². The zero-order chi connectivity index (χ0) is 14.2. The predicted molar refractivity (Wildman–Crippen MR) is 65.4 cm³/mol. The van der Waals surface area contributed by atoms with Crippen molar-refractivity contribution in [2.24, 2.45) is 0 Å². The lowest BCUT2D eigenvalue weighted by molar-refractivity contribution is 0.410. The van der Waals surface area contributed by atoms with Crippen LogP contribution in [0.5, 0.6) is 0 Å². The van der Waals surface area contributed by atoms with E-state index >= 15 is 0 Å². The number of nitrogens with zero attached hydrogens (tertiary/aromatic N) is 1. The van der Waals surface area contributed by atoms with Crippen molar-refractivity contribution >= 4 is 28.6 Å². The molecule has 2 nitrogen and oxygen atoms in total. The van der Waals surface area contributed by atoms with Gasteiger partial charge in [-0.15, -0.1) is 11.3 Å². The van der Waals surface area contributed by atoms with Crippen LogP contribution in [0.2, 0.25) is 4.34 Å². The first-order chi connectivity index (χ1) is 8.90. The molecule has 0 aliphatic heterocycles. The zero-order valence-electron chi connectivity index (χ0n) is 9.48. The van der Waals surface area contributed by atoms with E-state index in [9.17, 15) is 17.6 Å². The summed E-state index contributed by atoms with van der Waals surface area (Å²) in [5.41, 5.74) is -0.887. The smallest absolute Gasteiger partial charge is 0.253 e. The van der Waals surface area contributed by atoms with E-state index in [1.165, 1.54) is 11.3 Å². The van der Waals surface area contributed by atoms with Crippen molar-refractivity contribution < 1.29 is 17.6 Å². The standard InChI is InChI=1S/C11H7ClF4N2S/c1-4(5-2-3-6(12)19-5)17-9-7(13)10(15)18-11(16)8(9)14/h2-4H,1H3,(H,17,18). The highest BCUT2D eigenvalue weighted by molar-refractivity contribution is 7.16. The van der Waals surface area contributed by atoms with Gasteiger partial charge >= 0.3 is 0 Å². The van der Waals surface area contributed by atoms with Crippen molar-refractivity contribution in [3.8, 4) is 0 Å². The maximum absolute atomic E-state index is 13.4. The molecule has 0 bridgehead atoms. The first-order valence-corrected chi connectivity index (χ1v) is 6.31. The lowest BCUT2D eigenvalue weighted by Crippen LogP contribution is -2.12. The van der Waals surface area contributed by atoms with Crippen LogP contribution in [-0.2, 0) is 0 Å². The van der Waals surface area contributed by atoms with Crippen LogP contribution in [-0.4, -0.2) is 4.98 Å². The summed E-state index contributed by atoms with van der Waals surface area (Å²) in [5.74, 6) is -6.52. The van der Waals surface area contributed by atoms with Crippen LogP contribution in [0.3, 0.4) is 0 Å². The van der Waals surface area contributed by atoms with E-state index in [0.717, 1.165) is 0 Å². The number of anilines is 1. The van der Waals surface area contributed by atoms with Crippen LogP contribution in [0.15, 0.2) is 12.1 Å². The summed E-state index contributed by atoms with van der Waals surface area (Å²) in [6, 6.07) is 2.69. The van der Waals surface area contributed by atoms with Crippen molar-refractivity contribution in [3.63, 3.8) is 0 Å². The SMILES string of the molecule is CC(Nc1c(F)c(F)nc(F)c1F)c1ccc(Cl)s1. The first-order valence-electron chi connectivity index (χ1n) is 5.12. The number of nitrogens with one attached hydrogen (secondary N) is 1. The molecule has 0 aromatic carbocycles. The number of pyridine rings is 1. The van der Waals surface area contributed by atoms with Gasteiger partial charge in [0.25, 0.3) is 11.9 Å². The molecule has 0 saturated heterocycles. The molecule has 2 heterocycles. The Morgan fingerprint density at radius 3 is 2.21 bits per heavy atom. The average molecular weight is 311 g/mol. The minimum atomic E-state index is -1.70. The second-order valence-electron chi connectivity index (χ2n) is 3.70. The van der Waals surface area contributed by atoms with Gasteiger partial charge in [0, 0.05) is 4.88 Å². The number of hydrogen-bond acceptors (Lipinski definition) is 3. The van der Waals surface area contributed by atoms with Crippen LogP contribution >= 0.6 is 22.9 Å². The normalized spacial score (nSPS) is 12.5. The van der Waals surface area contributed by atoms with E-state index < -0.39 is 35.3 Å². The number of halogens is 5. The minimum Gasteiger partial charge on any atom is -0.373 e. The monoisotopic (exact) mass is 310 g/mol. The first kappa shape index (κ1) is 14.1. The molecule has 0 saturated carbocycles. The Balaban J connectivity index is 2.33. The highest BCUT2D eigenvalue weighted by atomic mass is 35.5. The Morgan fingerprint density at radius 2 is 1.74 bits per heavy atom. The summed E-state index contributed by atoms with van der Waals surface area (Å²) < 4.78 is 53.1. The molecule has 0 aliphatic carbocycles. The van der Waals surface area contributed by atoms with Crippen LogP contribution in [0, 0.1) is 23.5 Å². The van der Waals surface area contributed by atoms with Gasteiger partial charge in [-0.1, -0.05) is 11.6 Å². The Hall–Kier alpha value is -1.34. The van der Waals surface area contributed by atoms with Crippen molar-refractivity contribution in [2.45, 2.75) is 13.0 Å². The van der Waals surface area contributed by atoms with Crippen LogP contribution in [0.1, 0.15) is 17.8 Å². The van der Waals surface area contributed by atoms with Crippen molar-refractivity contribution in [2.75, 3.05) is 5.32 Å². The molecule has 2 rings (SSSR count). The third-order valence-corrected chi connectivity index (χ3v) is 3.79. The summed E-state index contributed by atoms with van der Waals surface area (Å²) in [6.45, 7) is 1.58. The number of hydrogen-bond donors (Lipinski definition) is 1. The second kappa shape index (κ2) is 5.34. The Bertz CT molecular complexity index is 591. The molecule has 0 fully saturated rings. The summed E-state index contributed by atoms with van der Waals surface area (Å²) in [6.07, 6.45) is 0. The minimum absolute atomic E-state index is 0.497. The van der Waals surface area contributed by atoms with Gasteiger partial charge in [-0.05, 0) is 19.1 Å². The molecule has 0 amide bonds. The maximum Gasteiger partial charge on any atom is 0.253 e. The average Bonchev–Trinajstić information content (AvgIpc) is 2.79. The molecule has 2 aromatic rings. The molecule has 2 aromatic heterocycles. The van der Waals surface area contributed by atoms with E-state index in [2.05, 4.69) is 10.3 Å². The summed E-state index contributed by atoms with van der Waals surface area (Å²) in [5, 5.41) is 2.37. The second-order valence-corrected chi connectivity index (χ2v) is 5.45. The molecule has 1 N–H and O–H groups in total. The topological polar surface area (TPSA) is 24.9 Å². The fraction of sp³-hybridized carbons (Fsp3) is 0.182. The van der Waals surface area contributed by atoms with Crippen molar-refractivity contribution in [3.05, 3.63) is 44.9 Å². The molecule has 1 atom stereocenters. The van der Waals surface area contributed by atoms with Crippen molar-refractivity contribution in [1.29, 1.82) is 0 Å². The van der Waals surface area contributed by atoms with Gasteiger partial charge in [0.05, 0.1) is 10.4 Å². The molecule has 1 unspecified atom stereocenters. The van der Waals surface area contributed by atoms with E-state index in [-0.39, 0.29) is 0 Å². The molecule has 0 spiro atoms. The fourth-order valence-corrected chi connectivity index (χ4v) is 2.53. The maximum atomic E-state index is 13.4. The van der Waals surface area contributed by atoms with Crippen LogP contribution in [0.4, 0.5) is 23.2 Å². The van der Waals surface area contributed by atoms with Gasteiger partial charge in [-0.25, -0.2) is 0 Å². The summed E-state index contributed by atoms with van der Waals surface area (Å²) in [4.78, 5) is 3.14. The van der Waals surface area contributed by atoms with Gasteiger partial charge in [0.2, 0.25) is 11.6 Å². The third-order valence-electron chi connectivity index (χ3n) is 2.38. The molecule has 8 heteroatoms. The quantitative estimate of drug-likeness (QED) is 0.665. The summed E-state index contributed by atoms with van der Waals surface area (Å²) >= 11 is 6.92. The Kier molecular flexibility index (Phi) is 3.96. The van der Waals surface area contributed by atoms with E-state index in [1.54, 1.807) is 19.1 Å². The van der Waals surface area contributed by atoms with Gasteiger partial charge in [-0.3, -0.25) is 0 Å². The summed E-state index contributed by atoms with van der Waals surface area (Å²) in [7, 11) is 0. The van der Waals surface area contributed by atoms with E-state index in [1.807, 2.05) is 0 Å². The van der Waals surface area contributed by atoms with Crippen LogP contribution in [0.25, 0.3) is 0 Å². The molecule has 0 aliphatic rings. The van der Waals surface area contributed by atoms with Gasteiger partial charge in [0.1, 0.15) is 5.69 Å². The number of aromatic nitrogens is 1. The molecular weight excluding hydrogens is 304 g/mol. The van der Waals surface area contributed by atoms with Crippen molar-refractivity contribution in [1.82, 2.24) is 4.98 Å². The molecule has 19 heavy (non-hydrogen) atoms.